The minimum Gasteiger partial charge on any atom is -0.495 e. The quantitative estimate of drug-likeness (QED) is 0.300. The van der Waals surface area contributed by atoms with Crippen LogP contribution in [-0.2, 0) is 25.1 Å². The lowest BCUT2D eigenvalue weighted by Crippen LogP contribution is -2.55. The first-order valence-electron chi connectivity index (χ1n) is 17.0. The second kappa shape index (κ2) is 16.6. The van der Waals surface area contributed by atoms with Gasteiger partial charge in [-0.3, -0.25) is 24.2 Å². The van der Waals surface area contributed by atoms with Crippen LogP contribution in [0.2, 0.25) is 0 Å². The van der Waals surface area contributed by atoms with Gasteiger partial charge in [-0.15, -0.1) is 0 Å². The Balaban J connectivity index is 1.54. The molecule has 10 nitrogen and oxygen atoms in total. The molecular formula is C36H48F3N5O5. The van der Waals surface area contributed by atoms with E-state index in [4.69, 9.17) is 4.74 Å². The lowest BCUT2D eigenvalue weighted by Gasteiger charge is -2.36. The van der Waals surface area contributed by atoms with Gasteiger partial charge in [-0.2, -0.15) is 8.78 Å². The Labute approximate surface area is 286 Å². The van der Waals surface area contributed by atoms with E-state index in [1.807, 2.05) is 7.05 Å². The van der Waals surface area contributed by atoms with E-state index in [0.29, 0.717) is 50.5 Å². The van der Waals surface area contributed by atoms with E-state index in [-0.39, 0.29) is 35.6 Å². The fourth-order valence-corrected chi connectivity index (χ4v) is 6.59. The largest absolute Gasteiger partial charge is 0.495 e. The van der Waals surface area contributed by atoms with Crippen LogP contribution in [0, 0.1) is 23.6 Å². The van der Waals surface area contributed by atoms with Crippen LogP contribution in [0.3, 0.4) is 0 Å². The number of amides is 3. The number of ether oxygens (including phenoxy) is 1. The fraction of sp³-hybridized carbons (Fsp3) is 0.583. The number of likely N-dealkylation sites (N-methyl/N-ethyl adjacent to an activating group) is 1. The van der Waals surface area contributed by atoms with Crippen LogP contribution in [0.15, 0.2) is 36.7 Å². The number of rotatable bonds is 13. The number of alkyl halides is 2. The van der Waals surface area contributed by atoms with Crippen molar-refractivity contribution in [3.8, 4) is 5.75 Å². The van der Waals surface area contributed by atoms with Crippen molar-refractivity contribution in [2.24, 2.45) is 17.8 Å². The standard InChI is InChI=1S/C36H48F3N5O5/c1-6-32(46)42-33(35(48)44-15-13-43(4)14-16-44)23(3)25-11-12-30(29(37)17-25)41-34(47)28(24-9-7-22(2)8-10-24)19-31(45)36(38,39)26-18-27(49-5)21-40-20-26/h11-12,17-18,20-24,28,33H,6-10,13-16,19H2,1-5H3,(H,41,47)(H,42,46)/t22?,23-,24?,28-,33+/m0/s1. The van der Waals surface area contributed by atoms with Gasteiger partial charge in [0.25, 0.3) is 0 Å². The molecule has 13 heteroatoms. The molecule has 268 valence electrons. The Morgan fingerprint density at radius 2 is 1.71 bits per heavy atom. The van der Waals surface area contributed by atoms with E-state index in [1.54, 1.807) is 24.8 Å². The molecule has 1 saturated heterocycles. The van der Waals surface area contributed by atoms with Crippen LogP contribution in [0.5, 0.6) is 5.75 Å². The van der Waals surface area contributed by atoms with Crippen molar-refractivity contribution in [1.29, 1.82) is 0 Å². The topological polar surface area (TPSA) is 121 Å². The van der Waals surface area contributed by atoms with Crippen LogP contribution in [-0.4, -0.2) is 84.7 Å². The van der Waals surface area contributed by atoms with E-state index in [9.17, 15) is 19.2 Å². The summed E-state index contributed by atoms with van der Waals surface area (Å²) in [5.74, 6) is -9.02. The van der Waals surface area contributed by atoms with Gasteiger partial charge in [0.1, 0.15) is 17.6 Å². The Bertz CT molecular complexity index is 1490. The summed E-state index contributed by atoms with van der Waals surface area (Å²) < 4.78 is 51.4. The zero-order chi connectivity index (χ0) is 35.9. The molecule has 2 heterocycles. The fourth-order valence-electron chi connectivity index (χ4n) is 6.59. The van der Waals surface area contributed by atoms with E-state index in [1.165, 1.54) is 25.4 Å². The molecule has 0 bridgehead atoms. The summed E-state index contributed by atoms with van der Waals surface area (Å²) in [6.07, 6.45) is 4.28. The molecule has 4 rings (SSSR count). The molecule has 0 unspecified atom stereocenters. The number of nitrogens with one attached hydrogen (secondary N) is 2. The number of hydrogen-bond acceptors (Lipinski definition) is 7. The first-order chi connectivity index (χ1) is 23.2. The molecule has 49 heavy (non-hydrogen) atoms. The predicted molar refractivity (Wildman–Crippen MR) is 179 cm³/mol. The molecule has 2 N–H and O–H groups in total. The lowest BCUT2D eigenvalue weighted by molar-refractivity contribution is -0.147. The van der Waals surface area contributed by atoms with Crippen LogP contribution < -0.4 is 15.4 Å². The number of Topliss-reactive ketones (excluding diaryl/α,β-unsaturated/α-hetero) is 1. The molecule has 3 amide bonds. The molecule has 1 aliphatic heterocycles. The van der Waals surface area contributed by atoms with Gasteiger partial charge >= 0.3 is 5.92 Å². The van der Waals surface area contributed by atoms with Crippen molar-refractivity contribution in [2.45, 2.75) is 77.2 Å². The van der Waals surface area contributed by atoms with Gasteiger partial charge in [-0.1, -0.05) is 39.7 Å². The zero-order valence-electron chi connectivity index (χ0n) is 28.9. The highest BCUT2D eigenvalue weighted by atomic mass is 19.3. The number of pyridine rings is 1. The predicted octanol–water partition coefficient (Wildman–Crippen LogP) is 5.13. The van der Waals surface area contributed by atoms with E-state index < -0.39 is 53.3 Å². The Morgan fingerprint density at radius 1 is 1.04 bits per heavy atom. The highest BCUT2D eigenvalue weighted by molar-refractivity contribution is 5.97. The monoisotopic (exact) mass is 687 g/mol. The summed E-state index contributed by atoms with van der Waals surface area (Å²) in [5.41, 5.74) is -0.381. The number of hydrogen-bond donors (Lipinski definition) is 2. The molecule has 2 aromatic rings. The minimum absolute atomic E-state index is 0.0662. The third-order valence-electron chi connectivity index (χ3n) is 10.0. The van der Waals surface area contributed by atoms with Crippen LogP contribution in [0.4, 0.5) is 18.9 Å². The number of halogens is 3. The van der Waals surface area contributed by atoms with Gasteiger partial charge < -0.3 is 25.2 Å². The molecular weight excluding hydrogens is 639 g/mol. The molecule has 2 fully saturated rings. The molecule has 1 saturated carbocycles. The van der Waals surface area contributed by atoms with Gasteiger partial charge in [-0.05, 0) is 55.5 Å². The van der Waals surface area contributed by atoms with Crippen molar-refractivity contribution in [2.75, 3.05) is 45.7 Å². The number of carbonyl (C=O) groups is 4. The van der Waals surface area contributed by atoms with Crippen LogP contribution in [0.25, 0.3) is 0 Å². The normalized spacial score (nSPS) is 20.5. The number of anilines is 1. The van der Waals surface area contributed by atoms with Crippen molar-refractivity contribution < 1.29 is 37.1 Å². The van der Waals surface area contributed by atoms with E-state index in [0.717, 1.165) is 25.1 Å². The summed E-state index contributed by atoms with van der Waals surface area (Å²) >= 11 is 0. The van der Waals surface area contributed by atoms with E-state index >= 15 is 13.2 Å². The lowest BCUT2D eigenvalue weighted by atomic mass is 9.74. The Hall–Kier alpha value is -4.00. The molecule has 1 aromatic heterocycles. The van der Waals surface area contributed by atoms with Gasteiger partial charge in [-0.25, -0.2) is 4.39 Å². The highest BCUT2D eigenvalue weighted by Gasteiger charge is 2.45. The molecule has 0 spiro atoms. The number of nitrogens with zero attached hydrogens (tertiary/aromatic N) is 3. The van der Waals surface area contributed by atoms with E-state index in [2.05, 4.69) is 27.4 Å². The average molecular weight is 688 g/mol. The molecule has 0 radical (unpaired) electrons. The summed E-state index contributed by atoms with van der Waals surface area (Å²) in [7, 11) is 3.27. The molecule has 1 aromatic carbocycles. The number of methoxy groups -OCH3 is 1. The van der Waals surface area contributed by atoms with Gasteiger partial charge in [0, 0.05) is 57.1 Å². The number of benzene rings is 1. The molecule has 2 aliphatic rings. The summed E-state index contributed by atoms with van der Waals surface area (Å²) in [4.78, 5) is 60.3. The second-order valence-electron chi connectivity index (χ2n) is 13.5. The summed E-state index contributed by atoms with van der Waals surface area (Å²) in [6, 6.07) is 4.24. The van der Waals surface area contributed by atoms with Crippen molar-refractivity contribution in [3.05, 3.63) is 53.6 Å². The summed E-state index contributed by atoms with van der Waals surface area (Å²) in [6.45, 7) is 7.89. The smallest absolute Gasteiger partial charge is 0.332 e. The first-order valence-corrected chi connectivity index (χ1v) is 17.0. The van der Waals surface area contributed by atoms with Crippen LogP contribution >= 0.6 is 0 Å². The van der Waals surface area contributed by atoms with Gasteiger partial charge in [0.15, 0.2) is 0 Å². The van der Waals surface area contributed by atoms with Gasteiger partial charge in [0.2, 0.25) is 23.5 Å². The average Bonchev–Trinajstić information content (AvgIpc) is 3.10. The maximum absolute atomic E-state index is 15.7. The van der Waals surface area contributed by atoms with Crippen molar-refractivity contribution >= 4 is 29.2 Å². The number of piperazine rings is 1. The van der Waals surface area contributed by atoms with Crippen molar-refractivity contribution in [1.82, 2.24) is 20.1 Å². The van der Waals surface area contributed by atoms with Gasteiger partial charge in [0.05, 0.1) is 24.6 Å². The zero-order valence-corrected chi connectivity index (χ0v) is 28.9. The van der Waals surface area contributed by atoms with Crippen LogP contribution in [0.1, 0.15) is 76.3 Å². The number of carbonyl (C=O) groups excluding carboxylic acids is 4. The third-order valence-corrected chi connectivity index (χ3v) is 10.0. The third kappa shape index (κ3) is 9.37. The maximum Gasteiger partial charge on any atom is 0.332 e. The van der Waals surface area contributed by atoms with Crippen molar-refractivity contribution in [3.63, 3.8) is 0 Å². The Kier molecular flexibility index (Phi) is 12.8. The molecule has 3 atom stereocenters. The molecule has 1 aliphatic carbocycles. The minimum atomic E-state index is -3.92. The second-order valence-corrected chi connectivity index (χ2v) is 13.5. The number of aromatic nitrogens is 1. The highest BCUT2D eigenvalue weighted by Crippen LogP contribution is 2.39. The SMILES string of the molecule is CCC(=O)N[C@@H](C(=O)N1CCN(C)CC1)[C@@H](C)c1ccc(NC(=O)[C@@H](CC(=O)C(F)(F)c2cncc(OC)c2)C2CCC(C)CC2)c(F)c1. The maximum atomic E-state index is 15.7. The Morgan fingerprint density at radius 3 is 2.33 bits per heavy atom. The summed E-state index contributed by atoms with van der Waals surface area (Å²) in [5, 5.41) is 5.36. The number of ketones is 1. The first kappa shape index (κ1) is 37.8.